The Morgan fingerprint density at radius 1 is 1.35 bits per heavy atom. The van der Waals surface area contributed by atoms with Crippen LogP contribution in [0.3, 0.4) is 0 Å². The molecule has 0 spiro atoms. The summed E-state index contributed by atoms with van der Waals surface area (Å²) in [4.78, 5) is 2.49. The fraction of sp³-hybridized carbons (Fsp3) is 0.625. The van der Waals surface area contributed by atoms with E-state index >= 15 is 0 Å². The van der Waals surface area contributed by atoms with Gasteiger partial charge in [0, 0.05) is 37.2 Å². The summed E-state index contributed by atoms with van der Waals surface area (Å²) in [5, 5.41) is 3.44. The molecule has 1 saturated heterocycles. The molecule has 20 heavy (non-hydrogen) atoms. The zero-order valence-corrected chi connectivity index (χ0v) is 12.4. The molecule has 1 atom stereocenters. The lowest BCUT2D eigenvalue weighted by molar-refractivity contribution is 0.252. The van der Waals surface area contributed by atoms with Crippen molar-refractivity contribution in [1.29, 1.82) is 0 Å². The number of rotatable bonds is 3. The van der Waals surface area contributed by atoms with E-state index in [1.54, 1.807) is 7.11 Å². The van der Waals surface area contributed by atoms with Crippen LogP contribution in [0.15, 0.2) is 12.1 Å². The summed E-state index contributed by atoms with van der Waals surface area (Å²) in [5.41, 5.74) is 2.51. The Hall–Kier alpha value is -1.26. The van der Waals surface area contributed by atoms with Crippen molar-refractivity contribution < 1.29 is 9.47 Å². The van der Waals surface area contributed by atoms with Gasteiger partial charge in [0.15, 0.2) is 0 Å². The molecule has 4 nitrogen and oxygen atoms in total. The van der Waals surface area contributed by atoms with Crippen molar-refractivity contribution in [2.75, 3.05) is 33.3 Å². The van der Waals surface area contributed by atoms with Crippen molar-refractivity contribution in [1.82, 2.24) is 10.2 Å². The van der Waals surface area contributed by atoms with Crippen LogP contribution in [0.25, 0.3) is 0 Å². The number of ether oxygens (including phenoxy) is 2. The fourth-order valence-electron chi connectivity index (χ4n) is 3.10. The summed E-state index contributed by atoms with van der Waals surface area (Å²) in [6.45, 7) is 7.49. The average Bonchev–Trinajstić information content (AvgIpc) is 2.63. The van der Waals surface area contributed by atoms with Crippen molar-refractivity contribution in [3.63, 3.8) is 0 Å². The normalized spacial score (nSPS) is 23.0. The molecule has 1 N–H and O–H groups in total. The molecule has 2 heterocycles. The third-order valence-electron chi connectivity index (χ3n) is 4.13. The molecule has 1 aromatic carbocycles. The molecule has 110 valence electrons. The third kappa shape index (κ3) is 2.91. The van der Waals surface area contributed by atoms with Gasteiger partial charge in [-0.2, -0.15) is 0 Å². The molecule has 2 aliphatic heterocycles. The largest absolute Gasteiger partial charge is 0.496 e. The second kappa shape index (κ2) is 6.02. The topological polar surface area (TPSA) is 33.7 Å². The van der Waals surface area contributed by atoms with Gasteiger partial charge in [-0.05, 0) is 38.6 Å². The van der Waals surface area contributed by atoms with E-state index in [-0.39, 0.29) is 6.10 Å². The summed E-state index contributed by atoms with van der Waals surface area (Å²) in [5.74, 6) is 2.04. The first-order valence-corrected chi connectivity index (χ1v) is 7.56. The molecule has 0 radical (unpaired) electrons. The first-order chi connectivity index (χ1) is 9.76. The van der Waals surface area contributed by atoms with E-state index in [9.17, 15) is 0 Å². The quantitative estimate of drug-likeness (QED) is 0.913. The van der Waals surface area contributed by atoms with Crippen LogP contribution < -0.4 is 14.8 Å². The summed E-state index contributed by atoms with van der Waals surface area (Å²) >= 11 is 0. The van der Waals surface area contributed by atoms with Crippen molar-refractivity contribution in [2.24, 2.45) is 0 Å². The predicted octanol–water partition coefficient (Wildman–Crippen LogP) is 1.81. The summed E-state index contributed by atoms with van der Waals surface area (Å²) < 4.78 is 11.5. The van der Waals surface area contributed by atoms with E-state index in [0.29, 0.717) is 0 Å². The Balaban J connectivity index is 1.79. The fourth-order valence-corrected chi connectivity index (χ4v) is 3.10. The van der Waals surface area contributed by atoms with Crippen LogP contribution in [0, 0.1) is 0 Å². The molecule has 2 aliphatic rings. The minimum absolute atomic E-state index is 0.285. The molecule has 0 amide bonds. The minimum Gasteiger partial charge on any atom is -0.496 e. The number of hydrogen-bond acceptors (Lipinski definition) is 4. The summed E-state index contributed by atoms with van der Waals surface area (Å²) in [6, 6.07) is 4.33. The highest BCUT2D eigenvalue weighted by molar-refractivity contribution is 5.48. The van der Waals surface area contributed by atoms with Gasteiger partial charge in [-0.15, -0.1) is 0 Å². The van der Waals surface area contributed by atoms with E-state index in [2.05, 4.69) is 29.3 Å². The standard InChI is InChI=1S/C16H24N2O2/c1-12-8-13-9-15(19-2)14(10-16(13)20-12)11-18-6-3-4-17-5-7-18/h9-10,12,17H,3-8,11H2,1-2H3. The highest BCUT2D eigenvalue weighted by Gasteiger charge is 2.22. The van der Waals surface area contributed by atoms with Crippen LogP contribution in [0.1, 0.15) is 24.5 Å². The SMILES string of the molecule is COc1cc2c(cc1CN1CCCNCC1)OC(C)C2. The van der Waals surface area contributed by atoms with Gasteiger partial charge in [0.05, 0.1) is 7.11 Å². The van der Waals surface area contributed by atoms with Gasteiger partial charge < -0.3 is 14.8 Å². The molecule has 0 aliphatic carbocycles. The lowest BCUT2D eigenvalue weighted by Gasteiger charge is -2.21. The van der Waals surface area contributed by atoms with Crippen LogP contribution in [0.5, 0.6) is 11.5 Å². The zero-order chi connectivity index (χ0) is 13.9. The highest BCUT2D eigenvalue weighted by Crippen LogP contribution is 2.35. The van der Waals surface area contributed by atoms with Crippen LogP contribution >= 0.6 is 0 Å². The van der Waals surface area contributed by atoms with Gasteiger partial charge in [-0.3, -0.25) is 4.90 Å². The lowest BCUT2D eigenvalue weighted by atomic mass is 10.1. The van der Waals surface area contributed by atoms with Gasteiger partial charge >= 0.3 is 0 Å². The van der Waals surface area contributed by atoms with Crippen molar-refractivity contribution in [2.45, 2.75) is 32.4 Å². The number of methoxy groups -OCH3 is 1. The van der Waals surface area contributed by atoms with Crippen molar-refractivity contribution in [3.05, 3.63) is 23.3 Å². The second-order valence-corrected chi connectivity index (χ2v) is 5.78. The molecule has 4 heteroatoms. The van der Waals surface area contributed by atoms with Gasteiger partial charge in [-0.1, -0.05) is 0 Å². The molecule has 1 unspecified atom stereocenters. The molecule has 0 bridgehead atoms. The third-order valence-corrected chi connectivity index (χ3v) is 4.13. The number of benzene rings is 1. The minimum atomic E-state index is 0.285. The van der Waals surface area contributed by atoms with Crippen molar-refractivity contribution in [3.8, 4) is 11.5 Å². The number of nitrogens with one attached hydrogen (secondary N) is 1. The lowest BCUT2D eigenvalue weighted by Crippen LogP contribution is -2.27. The van der Waals surface area contributed by atoms with Crippen LogP contribution in [0.4, 0.5) is 0 Å². The first-order valence-electron chi connectivity index (χ1n) is 7.56. The van der Waals surface area contributed by atoms with Gasteiger partial charge in [0.1, 0.15) is 17.6 Å². The van der Waals surface area contributed by atoms with Crippen LogP contribution in [-0.2, 0) is 13.0 Å². The van der Waals surface area contributed by atoms with E-state index < -0.39 is 0 Å². The Labute approximate surface area is 121 Å². The molecular formula is C16H24N2O2. The summed E-state index contributed by atoms with van der Waals surface area (Å²) in [6.07, 6.45) is 2.48. The second-order valence-electron chi connectivity index (χ2n) is 5.78. The van der Waals surface area contributed by atoms with Crippen LogP contribution in [-0.4, -0.2) is 44.3 Å². The molecule has 0 aromatic heterocycles. The van der Waals surface area contributed by atoms with E-state index in [4.69, 9.17) is 9.47 Å². The van der Waals surface area contributed by atoms with Crippen LogP contribution in [0.2, 0.25) is 0 Å². The van der Waals surface area contributed by atoms with Gasteiger partial charge in [-0.25, -0.2) is 0 Å². The Kier molecular flexibility index (Phi) is 4.13. The Bertz CT molecular complexity index is 468. The Morgan fingerprint density at radius 3 is 3.10 bits per heavy atom. The maximum atomic E-state index is 5.87. The molecule has 0 saturated carbocycles. The van der Waals surface area contributed by atoms with E-state index in [1.165, 1.54) is 17.5 Å². The molecule has 1 aromatic rings. The molecule has 1 fully saturated rings. The number of fused-ring (bicyclic) bond motifs is 1. The Morgan fingerprint density at radius 2 is 2.25 bits per heavy atom. The number of nitrogens with zero attached hydrogens (tertiary/aromatic N) is 1. The smallest absolute Gasteiger partial charge is 0.123 e. The maximum absolute atomic E-state index is 5.87. The first kappa shape index (κ1) is 13.7. The monoisotopic (exact) mass is 276 g/mol. The molecular weight excluding hydrogens is 252 g/mol. The zero-order valence-electron chi connectivity index (χ0n) is 12.4. The van der Waals surface area contributed by atoms with E-state index in [1.807, 2.05) is 0 Å². The van der Waals surface area contributed by atoms with Crippen molar-refractivity contribution >= 4 is 0 Å². The highest BCUT2D eigenvalue weighted by atomic mass is 16.5. The average molecular weight is 276 g/mol. The molecule has 3 rings (SSSR count). The summed E-state index contributed by atoms with van der Waals surface area (Å²) in [7, 11) is 1.76. The number of hydrogen-bond donors (Lipinski definition) is 1. The van der Waals surface area contributed by atoms with Gasteiger partial charge in [0.2, 0.25) is 0 Å². The predicted molar refractivity (Wildman–Crippen MR) is 79.6 cm³/mol. The maximum Gasteiger partial charge on any atom is 0.123 e. The van der Waals surface area contributed by atoms with E-state index in [0.717, 1.165) is 50.6 Å². The van der Waals surface area contributed by atoms with Gasteiger partial charge in [0.25, 0.3) is 0 Å².